The first-order valence-corrected chi connectivity index (χ1v) is 16.7. The van der Waals surface area contributed by atoms with Gasteiger partial charge in [0.2, 0.25) is 0 Å². The first-order chi connectivity index (χ1) is 17.4. The minimum Gasteiger partial charge on any atom is -0.430 e. The Morgan fingerprint density at radius 1 is 1.16 bits per heavy atom. The van der Waals surface area contributed by atoms with E-state index in [1.54, 1.807) is 0 Å². The molecule has 8 heteroatoms. The molecule has 0 unspecified atom stereocenters. The molecule has 1 fully saturated rings. The molecule has 1 heterocycles. The molecule has 1 N–H and O–H groups in total. The second-order valence-corrected chi connectivity index (χ2v) is 17.5. The third-order valence-corrected chi connectivity index (χ3v) is 12.1. The summed E-state index contributed by atoms with van der Waals surface area (Å²) in [6.45, 7) is 28.0. The van der Waals surface area contributed by atoms with Crippen molar-refractivity contribution in [3.63, 3.8) is 0 Å². The second kappa shape index (κ2) is 14.8. The Morgan fingerprint density at radius 2 is 1.76 bits per heavy atom. The van der Waals surface area contributed by atoms with Crippen molar-refractivity contribution >= 4 is 14.5 Å². The lowest BCUT2D eigenvalue weighted by Crippen LogP contribution is -2.54. The summed E-state index contributed by atoms with van der Waals surface area (Å²) in [4.78, 5) is 11.6. The van der Waals surface area contributed by atoms with E-state index in [0.29, 0.717) is 6.61 Å². The first kappa shape index (κ1) is 34.6. The van der Waals surface area contributed by atoms with Crippen LogP contribution in [0.1, 0.15) is 68.7 Å². The van der Waals surface area contributed by atoms with Gasteiger partial charge in [-0.25, -0.2) is 4.79 Å². The minimum absolute atomic E-state index is 0.00842. The summed E-state index contributed by atoms with van der Waals surface area (Å²) >= 11 is 0. The molecule has 0 saturated carbocycles. The molecule has 0 aromatic rings. The van der Waals surface area contributed by atoms with Gasteiger partial charge in [0.1, 0.15) is 13.2 Å². The van der Waals surface area contributed by atoms with Crippen LogP contribution < -0.4 is 0 Å². The van der Waals surface area contributed by atoms with Gasteiger partial charge in [0.25, 0.3) is 0 Å². The second-order valence-electron chi connectivity index (χ2n) is 12.7. The number of allylic oxidation sites excluding steroid dienone is 1. The highest BCUT2D eigenvalue weighted by Crippen LogP contribution is 2.42. The molecule has 0 bridgehead atoms. The molecule has 0 aromatic heterocycles. The van der Waals surface area contributed by atoms with Gasteiger partial charge in [-0.15, -0.1) is 0 Å². The predicted molar refractivity (Wildman–Crippen MR) is 156 cm³/mol. The van der Waals surface area contributed by atoms with Crippen LogP contribution in [0.25, 0.3) is 0 Å². The average molecular weight is 555 g/mol. The van der Waals surface area contributed by atoms with Gasteiger partial charge in [-0.3, -0.25) is 0 Å². The fourth-order valence-electron chi connectivity index (χ4n) is 4.47. The molecule has 38 heavy (non-hydrogen) atoms. The van der Waals surface area contributed by atoms with Crippen LogP contribution in [0.2, 0.25) is 18.1 Å². The van der Waals surface area contributed by atoms with E-state index in [1.807, 2.05) is 33.8 Å². The third kappa shape index (κ3) is 11.0. The first-order valence-electron chi connectivity index (χ1n) is 13.8. The summed E-state index contributed by atoms with van der Waals surface area (Å²) < 4.78 is 29.7. The van der Waals surface area contributed by atoms with E-state index in [4.69, 9.17) is 23.4 Å². The fourth-order valence-corrected chi connectivity index (χ4v) is 5.95. The Kier molecular flexibility index (Phi) is 13.5. The lowest BCUT2D eigenvalue weighted by Gasteiger charge is -2.48. The standard InChI is InChI=1S/C30H54O7Si/c1-13-15-33-28(32)34-16-14-21(2)17-23(4)26(37-38(11,12)29(6,7)8)24(5)27-25(18-22(3)19-31)20-35-30(9,10)36-27/h13-14,18,23-27,31H,1,15-17,19-20H2,2-12H3/b21-14+,22-18+/t23-,24-,25-,26+,27+/m0/s1. The molecule has 0 radical (unpaired) electrons. The average Bonchev–Trinajstić information content (AvgIpc) is 2.80. The third-order valence-electron chi connectivity index (χ3n) is 7.64. The largest absolute Gasteiger partial charge is 0.508 e. The molecule has 7 nitrogen and oxygen atoms in total. The van der Waals surface area contributed by atoms with Gasteiger partial charge in [-0.1, -0.05) is 64.5 Å². The maximum atomic E-state index is 11.6. The highest BCUT2D eigenvalue weighted by Gasteiger charge is 2.46. The smallest absolute Gasteiger partial charge is 0.430 e. The molecule has 0 spiro atoms. The maximum absolute atomic E-state index is 11.6. The van der Waals surface area contributed by atoms with Crippen LogP contribution in [0, 0.1) is 17.8 Å². The Morgan fingerprint density at radius 3 is 2.32 bits per heavy atom. The minimum atomic E-state index is -2.11. The number of carbonyl (C=O) groups excluding carboxylic acids is 1. The number of hydrogen-bond donors (Lipinski definition) is 1. The molecule has 5 atom stereocenters. The lowest BCUT2D eigenvalue weighted by molar-refractivity contribution is -0.300. The van der Waals surface area contributed by atoms with Crippen molar-refractivity contribution < 1.29 is 33.3 Å². The summed E-state index contributed by atoms with van der Waals surface area (Å²) in [5, 5.41) is 9.71. The summed E-state index contributed by atoms with van der Waals surface area (Å²) in [6, 6.07) is 0. The monoisotopic (exact) mass is 554 g/mol. The zero-order valence-electron chi connectivity index (χ0n) is 25.8. The van der Waals surface area contributed by atoms with E-state index >= 15 is 0 Å². The number of carbonyl (C=O) groups is 1. The Balaban J connectivity index is 3.22. The Hall–Kier alpha value is -1.45. The zero-order chi connectivity index (χ0) is 29.3. The van der Waals surface area contributed by atoms with Crippen LogP contribution in [0.3, 0.4) is 0 Å². The van der Waals surface area contributed by atoms with Crippen LogP contribution in [0.4, 0.5) is 4.79 Å². The van der Waals surface area contributed by atoms with E-state index in [1.165, 1.54) is 6.08 Å². The van der Waals surface area contributed by atoms with Crippen LogP contribution in [-0.2, 0) is 23.4 Å². The Bertz CT molecular complexity index is 825. The van der Waals surface area contributed by atoms with Gasteiger partial charge in [0.05, 0.1) is 25.4 Å². The number of aliphatic hydroxyl groups excluding tert-OH is 1. The highest BCUT2D eigenvalue weighted by atomic mass is 28.4. The Labute approximate surface area is 232 Å². The van der Waals surface area contributed by atoms with Gasteiger partial charge < -0.3 is 28.5 Å². The summed E-state index contributed by atoms with van der Waals surface area (Å²) in [6.07, 6.45) is 5.39. The summed E-state index contributed by atoms with van der Waals surface area (Å²) in [5.74, 6) is -0.446. The summed E-state index contributed by atoms with van der Waals surface area (Å²) in [7, 11) is -2.11. The van der Waals surface area contributed by atoms with Crippen LogP contribution in [0.15, 0.2) is 36.0 Å². The van der Waals surface area contributed by atoms with Crippen LogP contribution in [0.5, 0.6) is 0 Å². The number of hydrogen-bond acceptors (Lipinski definition) is 7. The van der Waals surface area contributed by atoms with E-state index in [9.17, 15) is 9.90 Å². The highest BCUT2D eigenvalue weighted by molar-refractivity contribution is 6.74. The molecular formula is C30H54O7Si. The predicted octanol–water partition coefficient (Wildman–Crippen LogP) is 7.03. The number of aliphatic hydroxyl groups is 1. The van der Waals surface area contributed by atoms with Crippen molar-refractivity contribution in [1.82, 2.24) is 0 Å². The normalized spacial score (nSPS) is 23.4. The molecule has 1 aliphatic heterocycles. The number of ether oxygens (including phenoxy) is 4. The molecule has 220 valence electrons. The molecule has 1 aliphatic rings. The van der Waals surface area contributed by atoms with Gasteiger partial charge >= 0.3 is 6.16 Å². The van der Waals surface area contributed by atoms with E-state index in [-0.39, 0.29) is 54.8 Å². The fraction of sp³-hybridized carbons (Fsp3) is 0.767. The van der Waals surface area contributed by atoms with Crippen molar-refractivity contribution in [2.75, 3.05) is 26.4 Å². The van der Waals surface area contributed by atoms with Gasteiger partial charge in [-0.2, -0.15) is 0 Å². The van der Waals surface area contributed by atoms with Crippen molar-refractivity contribution in [2.24, 2.45) is 17.8 Å². The van der Waals surface area contributed by atoms with Gasteiger partial charge in [-0.05, 0) is 64.2 Å². The topological polar surface area (TPSA) is 83.5 Å². The lowest BCUT2D eigenvalue weighted by atomic mass is 9.80. The molecule has 1 rings (SSSR count). The van der Waals surface area contributed by atoms with Crippen molar-refractivity contribution in [3.05, 3.63) is 36.0 Å². The molecule has 0 amide bonds. The van der Waals surface area contributed by atoms with Gasteiger partial charge in [0.15, 0.2) is 14.1 Å². The van der Waals surface area contributed by atoms with Gasteiger partial charge in [0, 0.05) is 11.8 Å². The van der Waals surface area contributed by atoms with E-state index < -0.39 is 20.3 Å². The van der Waals surface area contributed by atoms with E-state index in [2.05, 4.69) is 60.4 Å². The van der Waals surface area contributed by atoms with Crippen molar-refractivity contribution in [2.45, 2.75) is 105 Å². The van der Waals surface area contributed by atoms with Crippen molar-refractivity contribution in [3.8, 4) is 0 Å². The van der Waals surface area contributed by atoms with Crippen LogP contribution in [-0.4, -0.2) is 64.0 Å². The number of rotatable bonds is 13. The molecule has 0 aliphatic carbocycles. The quantitative estimate of drug-likeness (QED) is 0.149. The molecular weight excluding hydrogens is 500 g/mol. The maximum Gasteiger partial charge on any atom is 0.508 e. The molecule has 0 aromatic carbocycles. The SMILES string of the molecule is C=CCOC(=O)OC/C=C(\C)C[C@H](C)[C@@H](O[Si](C)(C)C(C)(C)C)[C@H](C)[C@H]1OC(C)(C)OC[C@@H]1/C=C(\C)CO. The van der Waals surface area contributed by atoms with Crippen LogP contribution >= 0.6 is 0 Å². The molecule has 1 saturated heterocycles. The summed E-state index contributed by atoms with van der Waals surface area (Å²) in [5.41, 5.74) is 2.02. The van der Waals surface area contributed by atoms with Crippen molar-refractivity contribution in [1.29, 1.82) is 0 Å². The van der Waals surface area contributed by atoms with E-state index in [0.717, 1.165) is 17.6 Å². The zero-order valence-corrected chi connectivity index (χ0v) is 26.8.